The molecule has 0 atom stereocenters. The average molecular weight is 359 g/mol. The molecule has 0 bridgehead atoms. The number of benzene rings is 2. The average Bonchev–Trinajstić information content (AvgIpc) is 2.68. The Morgan fingerprint density at radius 1 is 1.04 bits per heavy atom. The molecular formula is C22H21N3S. The molecule has 1 heterocycles. The molecule has 3 rings (SSSR count). The Morgan fingerprint density at radius 2 is 1.69 bits per heavy atom. The van der Waals surface area contributed by atoms with Crippen LogP contribution < -0.4 is 5.73 Å². The summed E-state index contributed by atoms with van der Waals surface area (Å²) in [6, 6.07) is 20.7. The van der Waals surface area contributed by atoms with Gasteiger partial charge in [0.05, 0.1) is 5.69 Å². The number of nitrogens with two attached hydrogens (primary N) is 1. The Kier molecular flexibility index (Phi) is 5.60. The summed E-state index contributed by atoms with van der Waals surface area (Å²) < 4.78 is 0. The zero-order valence-electron chi connectivity index (χ0n) is 15.0. The lowest BCUT2D eigenvalue weighted by Gasteiger charge is -2.11. The number of thioether (sulfide) groups is 1. The molecule has 3 nitrogen and oxygen atoms in total. The molecule has 0 aliphatic heterocycles. The van der Waals surface area contributed by atoms with Gasteiger partial charge in [-0.05, 0) is 42.0 Å². The van der Waals surface area contributed by atoms with E-state index >= 15 is 0 Å². The molecule has 4 heteroatoms. The second-order valence-corrected chi connectivity index (χ2v) is 6.98. The van der Waals surface area contributed by atoms with E-state index in [4.69, 9.17) is 5.73 Å². The molecule has 0 radical (unpaired) electrons. The number of nitriles is 1. The molecule has 2 N–H and O–H groups in total. The first kappa shape index (κ1) is 18.0. The molecule has 130 valence electrons. The first-order valence-corrected chi connectivity index (χ1v) is 9.83. The fraction of sp³-hybridized carbons (Fsp3) is 0.182. The minimum absolute atomic E-state index is 0.270. The van der Waals surface area contributed by atoms with E-state index in [9.17, 15) is 5.26 Å². The van der Waals surface area contributed by atoms with Crippen molar-refractivity contribution in [2.45, 2.75) is 24.7 Å². The van der Waals surface area contributed by atoms with Crippen molar-refractivity contribution in [1.29, 1.82) is 5.26 Å². The van der Waals surface area contributed by atoms with E-state index in [0.29, 0.717) is 5.56 Å². The van der Waals surface area contributed by atoms with Crippen molar-refractivity contribution in [3.05, 3.63) is 65.7 Å². The maximum atomic E-state index is 9.54. The molecule has 2 aromatic carbocycles. The molecule has 1 aromatic heterocycles. The fourth-order valence-corrected chi connectivity index (χ4v) is 3.37. The van der Waals surface area contributed by atoms with Gasteiger partial charge in [-0.1, -0.05) is 49.7 Å². The number of aromatic nitrogens is 1. The van der Waals surface area contributed by atoms with E-state index in [0.717, 1.165) is 35.2 Å². The Hall–Kier alpha value is -2.77. The van der Waals surface area contributed by atoms with Gasteiger partial charge in [-0.15, -0.1) is 11.8 Å². The number of nitrogens with zero attached hydrogens (tertiary/aromatic N) is 2. The monoisotopic (exact) mass is 359 g/mol. The number of hydrogen-bond acceptors (Lipinski definition) is 4. The summed E-state index contributed by atoms with van der Waals surface area (Å²) >= 11 is 1.69. The van der Waals surface area contributed by atoms with Crippen LogP contribution in [0.5, 0.6) is 0 Å². The first-order chi connectivity index (χ1) is 12.7. The Morgan fingerprint density at radius 3 is 2.27 bits per heavy atom. The van der Waals surface area contributed by atoms with E-state index in [-0.39, 0.29) is 5.82 Å². The van der Waals surface area contributed by atoms with Crippen molar-refractivity contribution in [3.63, 3.8) is 0 Å². The van der Waals surface area contributed by atoms with E-state index in [1.165, 1.54) is 10.5 Å². The standard InChI is InChI=1S/C22H21N3S/c1-3-4-15-5-7-17(8-6-15)21-13-19(20(14-23)22(24)25-21)16-9-11-18(26-2)12-10-16/h5-13H,3-4H2,1-2H3,(H2,24,25). The minimum atomic E-state index is 0.270. The zero-order chi connectivity index (χ0) is 18.5. The molecule has 3 aromatic rings. The second-order valence-electron chi connectivity index (χ2n) is 6.10. The summed E-state index contributed by atoms with van der Waals surface area (Å²) in [4.78, 5) is 5.64. The SMILES string of the molecule is CCCc1ccc(-c2cc(-c3ccc(SC)cc3)c(C#N)c(N)n2)cc1. The Balaban J connectivity index is 2.08. The fourth-order valence-electron chi connectivity index (χ4n) is 2.96. The number of anilines is 1. The minimum Gasteiger partial charge on any atom is -0.383 e. The van der Waals surface area contributed by atoms with Gasteiger partial charge in [0.1, 0.15) is 17.5 Å². The summed E-state index contributed by atoms with van der Waals surface area (Å²) in [6.45, 7) is 2.17. The van der Waals surface area contributed by atoms with Crippen molar-refractivity contribution in [2.75, 3.05) is 12.0 Å². The Labute approximate surface area is 158 Å². The van der Waals surface area contributed by atoms with E-state index in [1.807, 2.05) is 24.5 Å². The summed E-state index contributed by atoms with van der Waals surface area (Å²) in [7, 11) is 0. The maximum Gasteiger partial charge on any atom is 0.142 e. The van der Waals surface area contributed by atoms with Gasteiger partial charge in [0.15, 0.2) is 0 Å². The molecule has 0 spiro atoms. The van der Waals surface area contributed by atoms with Crippen LogP contribution in [0.15, 0.2) is 59.5 Å². The quantitative estimate of drug-likeness (QED) is 0.607. The molecule has 0 unspecified atom stereocenters. The summed E-state index contributed by atoms with van der Waals surface area (Å²) in [5.74, 6) is 0.270. The lowest BCUT2D eigenvalue weighted by Crippen LogP contribution is -2.00. The summed E-state index contributed by atoms with van der Waals surface area (Å²) in [5, 5.41) is 9.54. The van der Waals surface area contributed by atoms with Gasteiger partial charge < -0.3 is 5.73 Å². The third kappa shape index (κ3) is 3.74. The highest BCUT2D eigenvalue weighted by Gasteiger charge is 2.13. The largest absolute Gasteiger partial charge is 0.383 e. The van der Waals surface area contributed by atoms with Crippen LogP contribution in [-0.4, -0.2) is 11.2 Å². The molecule has 0 saturated carbocycles. The van der Waals surface area contributed by atoms with Crippen LogP contribution in [0.4, 0.5) is 5.82 Å². The number of rotatable bonds is 5. The third-order valence-electron chi connectivity index (χ3n) is 4.35. The molecule has 0 fully saturated rings. The van der Waals surface area contributed by atoms with E-state index in [1.54, 1.807) is 11.8 Å². The van der Waals surface area contributed by atoms with Crippen LogP contribution in [0.3, 0.4) is 0 Å². The van der Waals surface area contributed by atoms with Gasteiger partial charge in [-0.3, -0.25) is 0 Å². The molecule has 26 heavy (non-hydrogen) atoms. The van der Waals surface area contributed by atoms with Crippen LogP contribution in [0.2, 0.25) is 0 Å². The van der Waals surface area contributed by atoms with Gasteiger partial charge in [0.2, 0.25) is 0 Å². The molecular weight excluding hydrogens is 338 g/mol. The van der Waals surface area contributed by atoms with Crippen molar-refractivity contribution in [2.24, 2.45) is 0 Å². The maximum absolute atomic E-state index is 9.54. The van der Waals surface area contributed by atoms with E-state index in [2.05, 4.69) is 54.4 Å². The molecule has 0 aliphatic carbocycles. The molecule has 0 amide bonds. The van der Waals surface area contributed by atoms with Gasteiger partial charge >= 0.3 is 0 Å². The highest BCUT2D eigenvalue weighted by Crippen LogP contribution is 2.32. The smallest absolute Gasteiger partial charge is 0.142 e. The van der Waals surface area contributed by atoms with Gasteiger partial charge in [-0.25, -0.2) is 4.98 Å². The van der Waals surface area contributed by atoms with Crippen LogP contribution in [0.1, 0.15) is 24.5 Å². The number of pyridine rings is 1. The van der Waals surface area contributed by atoms with Gasteiger partial charge in [0.25, 0.3) is 0 Å². The zero-order valence-corrected chi connectivity index (χ0v) is 15.8. The highest BCUT2D eigenvalue weighted by molar-refractivity contribution is 7.98. The van der Waals surface area contributed by atoms with Crippen LogP contribution >= 0.6 is 11.8 Å². The highest BCUT2D eigenvalue weighted by atomic mass is 32.2. The lowest BCUT2D eigenvalue weighted by molar-refractivity contribution is 0.922. The summed E-state index contributed by atoms with van der Waals surface area (Å²) in [6.07, 6.45) is 4.23. The third-order valence-corrected chi connectivity index (χ3v) is 5.09. The molecule has 0 aliphatic rings. The van der Waals surface area contributed by atoms with Crippen molar-refractivity contribution in [1.82, 2.24) is 4.98 Å². The van der Waals surface area contributed by atoms with Crippen LogP contribution in [0, 0.1) is 11.3 Å². The van der Waals surface area contributed by atoms with Crippen molar-refractivity contribution in [3.8, 4) is 28.5 Å². The summed E-state index contributed by atoms with van der Waals surface area (Å²) in [5.41, 5.74) is 11.4. The molecule has 0 saturated heterocycles. The number of hydrogen-bond donors (Lipinski definition) is 1. The van der Waals surface area contributed by atoms with Crippen molar-refractivity contribution < 1.29 is 0 Å². The van der Waals surface area contributed by atoms with Gasteiger partial charge in [0, 0.05) is 16.0 Å². The van der Waals surface area contributed by atoms with E-state index < -0.39 is 0 Å². The van der Waals surface area contributed by atoms with Crippen molar-refractivity contribution >= 4 is 17.6 Å². The Bertz CT molecular complexity index is 939. The predicted octanol–water partition coefficient (Wildman–Crippen LogP) is 5.54. The van der Waals surface area contributed by atoms with Crippen LogP contribution in [-0.2, 0) is 6.42 Å². The number of nitrogen functional groups attached to an aromatic ring is 1. The van der Waals surface area contributed by atoms with Gasteiger partial charge in [-0.2, -0.15) is 5.26 Å². The second kappa shape index (κ2) is 8.07. The van der Waals surface area contributed by atoms with Crippen LogP contribution in [0.25, 0.3) is 22.4 Å². The first-order valence-electron chi connectivity index (χ1n) is 8.60. The normalized spacial score (nSPS) is 10.5. The predicted molar refractivity (Wildman–Crippen MR) is 110 cm³/mol. The topological polar surface area (TPSA) is 62.7 Å². The lowest BCUT2D eigenvalue weighted by atomic mass is 9.98. The number of aryl methyl sites for hydroxylation is 1.